The van der Waals surface area contributed by atoms with Gasteiger partial charge < -0.3 is 9.84 Å². The lowest BCUT2D eigenvalue weighted by molar-refractivity contribution is -0.384. The van der Waals surface area contributed by atoms with Crippen LogP contribution in [0.25, 0.3) is 0 Å². The zero-order valence-corrected chi connectivity index (χ0v) is 16.0. The molecule has 0 radical (unpaired) electrons. The number of benzene rings is 2. The number of carboxylic acid groups (broad SMARTS) is 1. The Balaban J connectivity index is 2.76. The van der Waals surface area contributed by atoms with E-state index in [0.29, 0.717) is 4.31 Å². The Morgan fingerprint density at radius 2 is 1.93 bits per heavy atom. The first-order valence-electron chi connectivity index (χ1n) is 7.10. The molecule has 27 heavy (non-hydrogen) atoms. The summed E-state index contributed by atoms with van der Waals surface area (Å²) in [5.41, 5.74) is -0.779. The number of hydrogen-bond donors (Lipinski definition) is 1. The second kappa shape index (κ2) is 7.99. The highest BCUT2D eigenvalue weighted by Crippen LogP contribution is 2.37. The molecule has 0 saturated heterocycles. The summed E-state index contributed by atoms with van der Waals surface area (Å²) < 4.78 is 31.7. The summed E-state index contributed by atoms with van der Waals surface area (Å²) in [6.07, 6.45) is 0. The predicted octanol–water partition coefficient (Wildman–Crippen LogP) is 3.19. The van der Waals surface area contributed by atoms with Gasteiger partial charge in [0.05, 0.1) is 17.1 Å². The van der Waals surface area contributed by atoms with Crippen LogP contribution in [0.2, 0.25) is 10.0 Å². The Labute approximate surface area is 163 Å². The van der Waals surface area contributed by atoms with Crippen molar-refractivity contribution in [2.24, 2.45) is 0 Å². The molecule has 0 aliphatic heterocycles. The number of rotatable bonds is 7. The number of carbonyl (C=O) groups is 1. The van der Waals surface area contributed by atoms with Gasteiger partial charge in [-0.25, -0.2) is 8.42 Å². The second-order valence-electron chi connectivity index (χ2n) is 5.09. The predicted molar refractivity (Wildman–Crippen MR) is 98.3 cm³/mol. The Morgan fingerprint density at radius 3 is 2.48 bits per heavy atom. The number of nitro benzene ring substituents is 1. The van der Waals surface area contributed by atoms with Crippen molar-refractivity contribution in [1.82, 2.24) is 0 Å². The molecule has 0 aliphatic rings. The minimum absolute atomic E-state index is 0.0549. The summed E-state index contributed by atoms with van der Waals surface area (Å²) in [5.74, 6) is -1.58. The number of non-ortho nitro benzene ring substituents is 1. The number of carboxylic acids is 1. The van der Waals surface area contributed by atoms with Crippen LogP contribution in [0.4, 0.5) is 11.4 Å². The smallest absolute Gasteiger partial charge is 0.324 e. The minimum Gasteiger partial charge on any atom is -0.495 e. The lowest BCUT2D eigenvalue weighted by atomic mass is 10.2. The molecule has 0 saturated carbocycles. The van der Waals surface area contributed by atoms with Crippen LogP contribution in [0.1, 0.15) is 0 Å². The monoisotopic (exact) mass is 434 g/mol. The summed E-state index contributed by atoms with van der Waals surface area (Å²) in [7, 11) is -3.33. The number of methoxy groups -OCH3 is 1. The van der Waals surface area contributed by atoms with E-state index in [-0.39, 0.29) is 21.5 Å². The molecule has 0 heterocycles. The Kier molecular flexibility index (Phi) is 6.14. The van der Waals surface area contributed by atoms with Gasteiger partial charge in [0.1, 0.15) is 22.9 Å². The summed E-state index contributed by atoms with van der Waals surface area (Å²) >= 11 is 11.8. The number of ether oxygens (including phenoxy) is 1. The lowest BCUT2D eigenvalue weighted by Gasteiger charge is -2.24. The van der Waals surface area contributed by atoms with Gasteiger partial charge in [-0.3, -0.25) is 19.2 Å². The van der Waals surface area contributed by atoms with E-state index >= 15 is 0 Å². The first-order chi connectivity index (χ1) is 12.6. The Hall–Kier alpha value is -2.56. The molecule has 0 spiro atoms. The van der Waals surface area contributed by atoms with Gasteiger partial charge in [0.2, 0.25) is 0 Å². The topological polar surface area (TPSA) is 127 Å². The molecule has 12 heteroatoms. The van der Waals surface area contributed by atoms with Crippen LogP contribution in [0.3, 0.4) is 0 Å². The molecule has 9 nitrogen and oxygen atoms in total. The van der Waals surface area contributed by atoms with E-state index in [4.69, 9.17) is 27.9 Å². The maximum atomic E-state index is 13.1. The molecule has 2 rings (SSSR count). The average molecular weight is 435 g/mol. The van der Waals surface area contributed by atoms with Gasteiger partial charge in [0.25, 0.3) is 15.7 Å². The molecule has 0 bridgehead atoms. The van der Waals surface area contributed by atoms with Gasteiger partial charge in [-0.05, 0) is 24.3 Å². The summed E-state index contributed by atoms with van der Waals surface area (Å²) in [6.45, 7) is -1.03. The number of nitro groups is 1. The molecular formula is C15H12Cl2N2O7S. The fourth-order valence-corrected chi connectivity index (χ4v) is 4.36. The van der Waals surface area contributed by atoms with Crippen molar-refractivity contribution in [3.63, 3.8) is 0 Å². The summed E-state index contributed by atoms with van der Waals surface area (Å²) in [4.78, 5) is 21.1. The van der Waals surface area contributed by atoms with Gasteiger partial charge in [0.15, 0.2) is 0 Å². The molecule has 0 amide bonds. The van der Waals surface area contributed by atoms with Crippen molar-refractivity contribution < 1.29 is 28.0 Å². The first kappa shape index (κ1) is 20.7. The molecule has 0 fully saturated rings. The zero-order chi connectivity index (χ0) is 20.4. The van der Waals surface area contributed by atoms with Gasteiger partial charge >= 0.3 is 5.97 Å². The highest BCUT2D eigenvalue weighted by Gasteiger charge is 2.32. The fraction of sp³-hybridized carbons (Fsp3) is 0.133. The highest BCUT2D eigenvalue weighted by atomic mass is 35.5. The molecule has 2 aromatic carbocycles. The van der Waals surface area contributed by atoms with Crippen LogP contribution in [-0.2, 0) is 14.8 Å². The van der Waals surface area contributed by atoms with Crippen LogP contribution in [-0.4, -0.2) is 38.1 Å². The Morgan fingerprint density at radius 1 is 1.26 bits per heavy atom. The van der Waals surface area contributed by atoms with E-state index in [1.54, 1.807) is 0 Å². The number of halogens is 2. The number of anilines is 1. The molecule has 144 valence electrons. The van der Waals surface area contributed by atoms with Crippen molar-refractivity contribution in [2.45, 2.75) is 4.90 Å². The number of aliphatic carboxylic acids is 1. The maximum Gasteiger partial charge on any atom is 0.324 e. The van der Waals surface area contributed by atoms with Crippen molar-refractivity contribution in [2.75, 3.05) is 18.0 Å². The van der Waals surface area contributed by atoms with Crippen molar-refractivity contribution in [3.05, 3.63) is 56.6 Å². The standard InChI is InChI=1S/C15H12Cl2N2O7S/c1-26-13-5-3-10(19(22)23)7-12(13)18(8-15(20)21)27(24,25)14-6-9(16)2-4-11(14)17/h2-7H,8H2,1H3,(H,20,21). The average Bonchev–Trinajstić information content (AvgIpc) is 2.60. The quantitative estimate of drug-likeness (QED) is 0.523. The fourth-order valence-electron chi connectivity index (χ4n) is 2.20. The zero-order valence-electron chi connectivity index (χ0n) is 13.6. The largest absolute Gasteiger partial charge is 0.495 e. The SMILES string of the molecule is COc1ccc([N+](=O)[O-])cc1N(CC(=O)O)S(=O)(=O)c1cc(Cl)ccc1Cl. The second-order valence-corrected chi connectivity index (χ2v) is 7.77. The third-order valence-corrected chi connectivity index (χ3v) is 5.86. The molecule has 0 aromatic heterocycles. The van der Waals surface area contributed by atoms with E-state index in [1.807, 2.05) is 0 Å². The van der Waals surface area contributed by atoms with E-state index in [1.165, 1.54) is 19.2 Å². The lowest BCUT2D eigenvalue weighted by Crippen LogP contribution is -2.36. The van der Waals surface area contributed by atoms with E-state index in [2.05, 4.69) is 0 Å². The van der Waals surface area contributed by atoms with Crippen molar-refractivity contribution in [1.29, 1.82) is 0 Å². The molecule has 0 aliphatic carbocycles. The third-order valence-electron chi connectivity index (χ3n) is 3.38. The Bertz CT molecular complexity index is 1010. The maximum absolute atomic E-state index is 13.1. The molecule has 1 N–H and O–H groups in total. The van der Waals surface area contributed by atoms with Crippen LogP contribution in [0.15, 0.2) is 41.3 Å². The molecular weight excluding hydrogens is 423 g/mol. The van der Waals surface area contributed by atoms with E-state index in [9.17, 15) is 28.4 Å². The number of sulfonamides is 1. The van der Waals surface area contributed by atoms with Crippen LogP contribution in [0.5, 0.6) is 5.75 Å². The number of hydrogen-bond acceptors (Lipinski definition) is 6. The van der Waals surface area contributed by atoms with Gasteiger partial charge in [-0.15, -0.1) is 0 Å². The molecule has 2 aromatic rings. The molecule has 0 atom stereocenters. The van der Waals surface area contributed by atoms with E-state index < -0.39 is 38.0 Å². The highest BCUT2D eigenvalue weighted by molar-refractivity contribution is 7.93. The van der Waals surface area contributed by atoms with Gasteiger partial charge in [-0.2, -0.15) is 0 Å². The summed E-state index contributed by atoms with van der Waals surface area (Å²) in [6, 6.07) is 6.81. The first-order valence-corrected chi connectivity index (χ1v) is 9.29. The minimum atomic E-state index is -4.54. The van der Waals surface area contributed by atoms with Crippen molar-refractivity contribution in [3.8, 4) is 5.75 Å². The van der Waals surface area contributed by atoms with Crippen molar-refractivity contribution >= 4 is 50.6 Å². The van der Waals surface area contributed by atoms with Crippen LogP contribution in [0, 0.1) is 10.1 Å². The van der Waals surface area contributed by atoms with E-state index in [0.717, 1.165) is 24.3 Å². The van der Waals surface area contributed by atoms with Gasteiger partial charge in [-0.1, -0.05) is 23.2 Å². The van der Waals surface area contributed by atoms with Gasteiger partial charge in [0, 0.05) is 17.2 Å². The molecule has 0 unspecified atom stereocenters. The van der Waals surface area contributed by atoms with Crippen LogP contribution < -0.4 is 9.04 Å². The normalized spacial score (nSPS) is 11.1. The van der Waals surface area contributed by atoms with Crippen LogP contribution >= 0.6 is 23.2 Å². The number of nitrogens with zero attached hydrogens (tertiary/aromatic N) is 2. The summed E-state index contributed by atoms with van der Waals surface area (Å²) in [5, 5.41) is 20.1. The third kappa shape index (κ3) is 4.41.